The van der Waals surface area contributed by atoms with Gasteiger partial charge in [-0.15, -0.1) is 0 Å². The van der Waals surface area contributed by atoms with E-state index in [4.69, 9.17) is 10.5 Å². The van der Waals surface area contributed by atoms with Crippen molar-refractivity contribution in [3.05, 3.63) is 66.4 Å². The molecule has 0 spiro atoms. The molecule has 7 nitrogen and oxygen atoms in total. The largest absolute Gasteiger partial charge is 0.376 e. The van der Waals surface area contributed by atoms with Crippen LogP contribution in [0.4, 0.5) is 5.69 Å². The molecule has 2 amide bonds. The summed E-state index contributed by atoms with van der Waals surface area (Å²) in [5.74, 6) is -0.645. The van der Waals surface area contributed by atoms with Crippen molar-refractivity contribution in [3.63, 3.8) is 0 Å². The molecule has 2 heterocycles. The third-order valence-corrected chi connectivity index (χ3v) is 6.49. The maximum absolute atomic E-state index is 12.8. The molecule has 32 heavy (non-hydrogen) atoms. The minimum Gasteiger partial charge on any atom is -0.376 e. The van der Waals surface area contributed by atoms with E-state index in [-0.39, 0.29) is 17.3 Å². The number of nitrogens with one attached hydrogen (secondary N) is 1. The van der Waals surface area contributed by atoms with Gasteiger partial charge in [0, 0.05) is 17.9 Å². The highest BCUT2D eigenvalue weighted by Crippen LogP contribution is 2.30. The number of carbonyl (C=O) groups is 2. The van der Waals surface area contributed by atoms with E-state index in [1.54, 1.807) is 24.3 Å². The number of imidazole rings is 1. The first-order valence-corrected chi connectivity index (χ1v) is 11.5. The van der Waals surface area contributed by atoms with Crippen LogP contribution in [0.25, 0.3) is 11.3 Å². The Morgan fingerprint density at radius 3 is 2.62 bits per heavy atom. The van der Waals surface area contributed by atoms with Crippen LogP contribution in [0, 0.1) is 0 Å². The van der Waals surface area contributed by atoms with Crippen molar-refractivity contribution in [2.24, 2.45) is 5.73 Å². The van der Waals surface area contributed by atoms with E-state index in [0.29, 0.717) is 17.8 Å². The van der Waals surface area contributed by atoms with Gasteiger partial charge in [0.1, 0.15) is 0 Å². The molecule has 3 aromatic rings. The van der Waals surface area contributed by atoms with E-state index in [0.717, 1.165) is 35.9 Å². The quantitative estimate of drug-likeness (QED) is 0.506. The number of nitrogens with zero attached hydrogens (tertiary/aromatic N) is 2. The van der Waals surface area contributed by atoms with Crippen molar-refractivity contribution in [2.75, 3.05) is 11.9 Å². The van der Waals surface area contributed by atoms with Crippen LogP contribution >= 0.6 is 11.8 Å². The van der Waals surface area contributed by atoms with Gasteiger partial charge < -0.3 is 20.4 Å². The Morgan fingerprint density at radius 1 is 1.22 bits per heavy atom. The van der Waals surface area contributed by atoms with E-state index >= 15 is 0 Å². The van der Waals surface area contributed by atoms with Crippen molar-refractivity contribution >= 4 is 29.3 Å². The van der Waals surface area contributed by atoms with Crippen molar-refractivity contribution in [1.82, 2.24) is 9.55 Å². The average Bonchev–Trinajstić information content (AvgIpc) is 3.45. The molecule has 2 unspecified atom stereocenters. The zero-order chi connectivity index (χ0) is 22.5. The van der Waals surface area contributed by atoms with Gasteiger partial charge >= 0.3 is 0 Å². The molecule has 2 atom stereocenters. The van der Waals surface area contributed by atoms with Gasteiger partial charge in [0.05, 0.1) is 29.8 Å². The van der Waals surface area contributed by atoms with Crippen LogP contribution in [0.1, 0.15) is 30.1 Å². The molecular weight excluding hydrogens is 424 g/mol. The topological polar surface area (TPSA) is 99.2 Å². The van der Waals surface area contributed by atoms with Crippen molar-refractivity contribution in [3.8, 4) is 11.3 Å². The summed E-state index contributed by atoms with van der Waals surface area (Å²) in [6.45, 7) is 3.34. The first-order valence-electron chi connectivity index (χ1n) is 10.6. The minimum atomic E-state index is -0.501. The summed E-state index contributed by atoms with van der Waals surface area (Å²) in [6.07, 6.45) is 4.10. The predicted octanol–water partition coefficient (Wildman–Crippen LogP) is 3.95. The fraction of sp³-hybridized carbons (Fsp3) is 0.292. The fourth-order valence-electron chi connectivity index (χ4n) is 3.63. The number of rotatable bonds is 8. The molecule has 8 heteroatoms. The lowest BCUT2D eigenvalue weighted by Gasteiger charge is -2.18. The van der Waals surface area contributed by atoms with E-state index in [1.165, 1.54) is 11.8 Å². The summed E-state index contributed by atoms with van der Waals surface area (Å²) in [5.41, 5.74) is 8.37. The Morgan fingerprint density at radius 2 is 1.97 bits per heavy atom. The number of benzene rings is 2. The number of carbonyl (C=O) groups excluding carboxylic acids is 2. The molecule has 0 saturated carbocycles. The predicted molar refractivity (Wildman–Crippen MR) is 126 cm³/mol. The zero-order valence-corrected chi connectivity index (χ0v) is 18.7. The number of aromatic nitrogens is 2. The standard InChI is InChI=1S/C24H26N4O3S/c1-16(23(30)27-19-11-9-18(10-12-19)22(25)29)32-24-26-14-21(17-6-3-2-4-7-17)28(24)15-20-8-5-13-31-20/h2-4,6-7,9-12,14,16,20H,5,8,13,15H2,1H3,(H2,25,29)(H,27,30). The molecule has 4 rings (SSSR count). The molecule has 0 bridgehead atoms. The number of hydrogen-bond acceptors (Lipinski definition) is 5. The molecule has 1 fully saturated rings. The highest BCUT2D eigenvalue weighted by molar-refractivity contribution is 8.00. The number of primary amides is 1. The minimum absolute atomic E-state index is 0.144. The SMILES string of the molecule is CC(Sc1ncc(-c2ccccc2)n1CC1CCCO1)C(=O)Nc1ccc(C(N)=O)cc1. The highest BCUT2D eigenvalue weighted by Gasteiger charge is 2.23. The van der Waals surface area contributed by atoms with Gasteiger partial charge in [0.25, 0.3) is 0 Å². The van der Waals surface area contributed by atoms with E-state index < -0.39 is 5.91 Å². The molecule has 0 aliphatic carbocycles. The van der Waals surface area contributed by atoms with Gasteiger partial charge in [-0.1, -0.05) is 42.1 Å². The summed E-state index contributed by atoms with van der Waals surface area (Å²) in [5, 5.41) is 3.29. The first-order chi connectivity index (χ1) is 15.5. The molecule has 1 aromatic heterocycles. The lowest BCUT2D eigenvalue weighted by atomic mass is 10.1. The van der Waals surface area contributed by atoms with Crippen LogP contribution in [0.15, 0.2) is 66.0 Å². The Bertz CT molecular complexity index is 1080. The number of amides is 2. The summed E-state index contributed by atoms with van der Waals surface area (Å²) in [7, 11) is 0. The molecule has 1 saturated heterocycles. The second kappa shape index (κ2) is 10.0. The van der Waals surface area contributed by atoms with Gasteiger partial charge in [0.2, 0.25) is 11.8 Å². The van der Waals surface area contributed by atoms with Crippen LogP contribution in [0.5, 0.6) is 0 Å². The smallest absolute Gasteiger partial charge is 0.248 e. The number of nitrogens with two attached hydrogens (primary N) is 1. The summed E-state index contributed by atoms with van der Waals surface area (Å²) < 4.78 is 8.01. The molecule has 166 valence electrons. The molecule has 1 aliphatic rings. The van der Waals surface area contributed by atoms with Gasteiger partial charge in [0.15, 0.2) is 5.16 Å². The number of hydrogen-bond donors (Lipinski definition) is 2. The monoisotopic (exact) mass is 450 g/mol. The van der Waals surface area contributed by atoms with Crippen LogP contribution in [-0.2, 0) is 16.1 Å². The highest BCUT2D eigenvalue weighted by atomic mass is 32.2. The van der Waals surface area contributed by atoms with Gasteiger partial charge in [-0.05, 0) is 49.6 Å². The van der Waals surface area contributed by atoms with Crippen LogP contribution in [0.3, 0.4) is 0 Å². The lowest BCUT2D eigenvalue weighted by molar-refractivity contribution is -0.115. The van der Waals surface area contributed by atoms with Crippen LogP contribution in [0.2, 0.25) is 0 Å². The summed E-state index contributed by atoms with van der Waals surface area (Å²) >= 11 is 1.41. The summed E-state index contributed by atoms with van der Waals surface area (Å²) in [4.78, 5) is 28.6. The number of thioether (sulfide) groups is 1. The van der Waals surface area contributed by atoms with Crippen LogP contribution in [-0.4, -0.2) is 39.3 Å². The number of anilines is 1. The maximum atomic E-state index is 12.8. The van der Waals surface area contributed by atoms with Gasteiger partial charge in [-0.2, -0.15) is 0 Å². The second-order valence-electron chi connectivity index (χ2n) is 7.73. The normalized spacial score (nSPS) is 16.6. The van der Waals surface area contributed by atoms with Gasteiger partial charge in [-0.3, -0.25) is 9.59 Å². The zero-order valence-electron chi connectivity index (χ0n) is 17.9. The Balaban J connectivity index is 1.50. The second-order valence-corrected chi connectivity index (χ2v) is 9.04. The molecule has 3 N–H and O–H groups in total. The van der Waals surface area contributed by atoms with E-state index in [9.17, 15) is 9.59 Å². The molecule has 1 aliphatic heterocycles. The van der Waals surface area contributed by atoms with Crippen LogP contribution < -0.4 is 11.1 Å². The third kappa shape index (κ3) is 5.20. The molecule has 2 aromatic carbocycles. The van der Waals surface area contributed by atoms with Crippen molar-refractivity contribution in [1.29, 1.82) is 0 Å². The van der Waals surface area contributed by atoms with Gasteiger partial charge in [-0.25, -0.2) is 4.98 Å². The van der Waals surface area contributed by atoms with E-state index in [1.807, 2.05) is 31.3 Å². The Hall–Kier alpha value is -3.10. The van der Waals surface area contributed by atoms with E-state index in [2.05, 4.69) is 27.0 Å². The third-order valence-electron chi connectivity index (χ3n) is 5.39. The average molecular weight is 451 g/mol. The summed E-state index contributed by atoms with van der Waals surface area (Å²) in [6, 6.07) is 16.6. The molecule has 0 radical (unpaired) electrons. The fourth-order valence-corrected chi connectivity index (χ4v) is 4.53. The Kier molecular flexibility index (Phi) is 6.92. The first kappa shape index (κ1) is 22.1. The Labute approximate surface area is 191 Å². The lowest BCUT2D eigenvalue weighted by Crippen LogP contribution is -2.23. The number of ether oxygens (including phenoxy) is 1. The van der Waals surface area contributed by atoms with Crippen molar-refractivity contribution < 1.29 is 14.3 Å². The van der Waals surface area contributed by atoms with Crippen molar-refractivity contribution in [2.45, 2.75) is 42.8 Å². The molecular formula is C24H26N4O3S. The maximum Gasteiger partial charge on any atom is 0.248 e.